The maximum Gasteiger partial charge on any atom is 0.166 e. The minimum Gasteiger partial charge on any atom is -0.485 e. The molecule has 128 valence electrons. The molecule has 0 aliphatic rings. The van der Waals surface area contributed by atoms with Crippen molar-refractivity contribution < 1.29 is 9.13 Å². The van der Waals surface area contributed by atoms with Crippen molar-refractivity contribution in [1.29, 1.82) is 0 Å². The SMILES string of the molecule is Cc1ccc(-c2cnc(N)c(OCc3c(Cl)ccc(F)c3Cl)c2)cc1. The number of nitrogens with two attached hydrogens (primary N) is 1. The van der Waals surface area contributed by atoms with Crippen molar-refractivity contribution in [3.8, 4) is 16.9 Å². The number of pyridine rings is 1. The maximum absolute atomic E-state index is 13.6. The second kappa shape index (κ2) is 7.30. The van der Waals surface area contributed by atoms with E-state index in [0.29, 0.717) is 16.3 Å². The summed E-state index contributed by atoms with van der Waals surface area (Å²) in [5.74, 6) is 0.0677. The molecule has 0 bridgehead atoms. The normalized spacial score (nSPS) is 10.7. The first-order valence-corrected chi connectivity index (χ1v) is 8.29. The Kier molecular flexibility index (Phi) is 5.11. The van der Waals surface area contributed by atoms with Gasteiger partial charge in [-0.2, -0.15) is 0 Å². The van der Waals surface area contributed by atoms with Crippen LogP contribution in [0.25, 0.3) is 11.1 Å². The molecule has 2 aromatic carbocycles. The first-order valence-electron chi connectivity index (χ1n) is 7.53. The third-order valence-corrected chi connectivity index (χ3v) is 4.54. The molecule has 0 atom stereocenters. The first kappa shape index (κ1) is 17.5. The summed E-state index contributed by atoms with van der Waals surface area (Å²) in [6.07, 6.45) is 1.68. The highest BCUT2D eigenvalue weighted by Gasteiger charge is 2.13. The van der Waals surface area contributed by atoms with Crippen molar-refractivity contribution in [3.63, 3.8) is 0 Å². The second-order valence-corrected chi connectivity index (χ2v) is 6.37. The van der Waals surface area contributed by atoms with Gasteiger partial charge in [0.05, 0.1) is 5.02 Å². The summed E-state index contributed by atoms with van der Waals surface area (Å²) in [4.78, 5) is 4.17. The molecule has 0 saturated carbocycles. The molecule has 3 aromatic rings. The van der Waals surface area contributed by atoms with E-state index in [2.05, 4.69) is 4.98 Å². The Morgan fingerprint density at radius 1 is 1.08 bits per heavy atom. The smallest absolute Gasteiger partial charge is 0.166 e. The van der Waals surface area contributed by atoms with E-state index in [1.807, 2.05) is 31.2 Å². The zero-order chi connectivity index (χ0) is 18.0. The maximum atomic E-state index is 13.6. The number of aryl methyl sites for hydroxylation is 1. The van der Waals surface area contributed by atoms with Crippen LogP contribution in [0.4, 0.5) is 10.2 Å². The molecule has 0 unspecified atom stereocenters. The van der Waals surface area contributed by atoms with Gasteiger partial charge in [0.25, 0.3) is 0 Å². The Morgan fingerprint density at radius 2 is 1.80 bits per heavy atom. The topological polar surface area (TPSA) is 48.1 Å². The summed E-state index contributed by atoms with van der Waals surface area (Å²) >= 11 is 12.0. The zero-order valence-corrected chi connectivity index (χ0v) is 14.9. The van der Waals surface area contributed by atoms with Crippen LogP contribution >= 0.6 is 23.2 Å². The molecule has 6 heteroatoms. The molecule has 0 radical (unpaired) electrons. The Balaban J connectivity index is 1.87. The number of hydrogen-bond acceptors (Lipinski definition) is 3. The fourth-order valence-corrected chi connectivity index (χ4v) is 2.81. The minimum atomic E-state index is -0.552. The number of anilines is 1. The van der Waals surface area contributed by atoms with Gasteiger partial charge in [-0.25, -0.2) is 9.37 Å². The number of ether oxygens (including phenoxy) is 1. The highest BCUT2D eigenvalue weighted by atomic mass is 35.5. The van der Waals surface area contributed by atoms with Crippen LogP contribution in [0.5, 0.6) is 5.75 Å². The van der Waals surface area contributed by atoms with Crippen molar-refractivity contribution in [3.05, 3.63) is 75.7 Å². The lowest BCUT2D eigenvalue weighted by atomic mass is 10.1. The molecule has 2 N–H and O–H groups in total. The molecule has 25 heavy (non-hydrogen) atoms. The number of hydrogen-bond donors (Lipinski definition) is 1. The van der Waals surface area contributed by atoms with Gasteiger partial charge >= 0.3 is 0 Å². The van der Waals surface area contributed by atoms with E-state index in [9.17, 15) is 4.39 Å². The van der Waals surface area contributed by atoms with Gasteiger partial charge in [-0.3, -0.25) is 0 Å². The number of benzene rings is 2. The van der Waals surface area contributed by atoms with Gasteiger partial charge in [-0.05, 0) is 30.7 Å². The van der Waals surface area contributed by atoms with E-state index < -0.39 is 5.82 Å². The molecular formula is C19H15Cl2FN2O. The predicted molar refractivity (Wildman–Crippen MR) is 99.6 cm³/mol. The standard InChI is InChI=1S/C19H15Cl2FN2O/c1-11-2-4-12(5-3-11)13-8-17(19(23)24-9-13)25-10-14-15(20)6-7-16(22)18(14)21/h2-9H,10H2,1H3,(H2,23,24). The molecule has 0 saturated heterocycles. The van der Waals surface area contributed by atoms with E-state index in [0.717, 1.165) is 11.1 Å². The summed E-state index contributed by atoms with van der Waals surface area (Å²) in [7, 11) is 0. The zero-order valence-electron chi connectivity index (χ0n) is 13.4. The molecule has 0 aliphatic carbocycles. The van der Waals surface area contributed by atoms with Gasteiger partial charge in [0, 0.05) is 22.3 Å². The van der Waals surface area contributed by atoms with Gasteiger partial charge in [0.2, 0.25) is 0 Å². The number of halogens is 3. The Bertz CT molecular complexity index is 914. The lowest BCUT2D eigenvalue weighted by Crippen LogP contribution is -2.02. The summed E-state index contributed by atoms with van der Waals surface area (Å²) in [5.41, 5.74) is 9.27. The Hall–Kier alpha value is -2.30. The third-order valence-electron chi connectivity index (χ3n) is 3.78. The van der Waals surface area contributed by atoms with Gasteiger partial charge < -0.3 is 10.5 Å². The second-order valence-electron chi connectivity index (χ2n) is 5.58. The van der Waals surface area contributed by atoms with Crippen molar-refractivity contribution >= 4 is 29.0 Å². The van der Waals surface area contributed by atoms with Gasteiger partial charge in [0.15, 0.2) is 11.6 Å². The van der Waals surface area contributed by atoms with Crippen LogP contribution in [-0.4, -0.2) is 4.98 Å². The van der Waals surface area contributed by atoms with E-state index in [1.165, 1.54) is 17.7 Å². The van der Waals surface area contributed by atoms with Crippen molar-refractivity contribution in [2.45, 2.75) is 13.5 Å². The quantitative estimate of drug-likeness (QED) is 0.597. The van der Waals surface area contributed by atoms with Crippen LogP contribution in [0, 0.1) is 12.7 Å². The van der Waals surface area contributed by atoms with Crippen LogP contribution in [-0.2, 0) is 6.61 Å². The van der Waals surface area contributed by atoms with Crippen LogP contribution < -0.4 is 10.5 Å². The lowest BCUT2D eigenvalue weighted by Gasteiger charge is -2.12. The molecule has 3 rings (SSSR count). The largest absolute Gasteiger partial charge is 0.485 e. The average molecular weight is 377 g/mol. The molecule has 0 amide bonds. The molecule has 0 aliphatic heterocycles. The summed E-state index contributed by atoms with van der Waals surface area (Å²) in [6.45, 7) is 2.00. The molecule has 0 spiro atoms. The highest BCUT2D eigenvalue weighted by molar-refractivity contribution is 6.36. The Labute approximate surface area is 155 Å². The van der Waals surface area contributed by atoms with Crippen molar-refractivity contribution in [1.82, 2.24) is 4.98 Å². The van der Waals surface area contributed by atoms with E-state index in [4.69, 9.17) is 33.7 Å². The molecule has 3 nitrogen and oxygen atoms in total. The van der Waals surface area contributed by atoms with Gasteiger partial charge in [0.1, 0.15) is 12.4 Å². The van der Waals surface area contributed by atoms with Crippen molar-refractivity contribution in [2.75, 3.05) is 5.73 Å². The van der Waals surface area contributed by atoms with E-state index >= 15 is 0 Å². The number of nitrogen functional groups attached to an aromatic ring is 1. The first-order chi connectivity index (χ1) is 12.0. The summed E-state index contributed by atoms with van der Waals surface area (Å²) < 4.78 is 19.3. The monoisotopic (exact) mass is 376 g/mol. The summed E-state index contributed by atoms with van der Waals surface area (Å²) in [5, 5.41) is 0.265. The minimum absolute atomic E-state index is 0.0152. The predicted octanol–water partition coefficient (Wildman–Crippen LogP) is 5.66. The molecule has 0 fully saturated rings. The van der Waals surface area contributed by atoms with E-state index in [-0.39, 0.29) is 17.4 Å². The fourth-order valence-electron chi connectivity index (χ4n) is 2.33. The number of rotatable bonds is 4. The number of nitrogens with zero attached hydrogens (tertiary/aromatic N) is 1. The average Bonchev–Trinajstić information content (AvgIpc) is 2.60. The Morgan fingerprint density at radius 3 is 2.52 bits per heavy atom. The fraction of sp³-hybridized carbons (Fsp3) is 0.105. The molecular weight excluding hydrogens is 362 g/mol. The lowest BCUT2D eigenvalue weighted by molar-refractivity contribution is 0.306. The molecule has 1 aromatic heterocycles. The van der Waals surface area contributed by atoms with Crippen LogP contribution in [0.3, 0.4) is 0 Å². The molecule has 1 heterocycles. The van der Waals surface area contributed by atoms with Gasteiger partial charge in [-0.1, -0.05) is 53.0 Å². The highest BCUT2D eigenvalue weighted by Crippen LogP contribution is 2.31. The summed E-state index contributed by atoms with van der Waals surface area (Å²) in [6, 6.07) is 12.4. The van der Waals surface area contributed by atoms with Crippen LogP contribution in [0.15, 0.2) is 48.7 Å². The van der Waals surface area contributed by atoms with Gasteiger partial charge in [-0.15, -0.1) is 0 Å². The van der Waals surface area contributed by atoms with Crippen LogP contribution in [0.2, 0.25) is 10.0 Å². The third kappa shape index (κ3) is 3.86. The van der Waals surface area contributed by atoms with Crippen LogP contribution in [0.1, 0.15) is 11.1 Å². The number of aromatic nitrogens is 1. The van der Waals surface area contributed by atoms with E-state index in [1.54, 1.807) is 12.3 Å². The van der Waals surface area contributed by atoms with Crippen molar-refractivity contribution in [2.24, 2.45) is 0 Å².